The van der Waals surface area contributed by atoms with Crippen LogP contribution >= 0.6 is 0 Å². The maximum atomic E-state index is 12.7. The average molecular weight is 404 g/mol. The lowest BCUT2D eigenvalue weighted by Crippen LogP contribution is -2.31. The summed E-state index contributed by atoms with van der Waals surface area (Å²) in [6, 6.07) is 15.0. The lowest BCUT2D eigenvalue weighted by Gasteiger charge is -2.15. The molecular formula is C23H20N2O5. The molecule has 0 unspecified atom stereocenters. The summed E-state index contributed by atoms with van der Waals surface area (Å²) >= 11 is 0. The predicted octanol–water partition coefficient (Wildman–Crippen LogP) is 2.94. The number of allylic oxidation sites excluding steroid dienone is 2. The van der Waals surface area contributed by atoms with Gasteiger partial charge in [0, 0.05) is 5.69 Å². The lowest BCUT2D eigenvalue weighted by atomic mass is 9.85. The minimum absolute atomic E-state index is 0.161. The third kappa shape index (κ3) is 3.87. The molecule has 30 heavy (non-hydrogen) atoms. The van der Waals surface area contributed by atoms with Crippen molar-refractivity contribution in [2.24, 2.45) is 11.8 Å². The van der Waals surface area contributed by atoms with Crippen LogP contribution in [0.5, 0.6) is 0 Å². The van der Waals surface area contributed by atoms with Crippen LogP contribution in [0.2, 0.25) is 0 Å². The molecule has 1 saturated heterocycles. The molecule has 1 aliphatic heterocycles. The maximum absolute atomic E-state index is 12.7. The van der Waals surface area contributed by atoms with Crippen LogP contribution in [-0.4, -0.2) is 30.3 Å². The molecule has 4 rings (SSSR count). The molecule has 0 bridgehead atoms. The average Bonchev–Trinajstić information content (AvgIpc) is 3.03. The molecule has 0 radical (unpaired) electrons. The largest absolute Gasteiger partial charge is 0.452 e. The van der Waals surface area contributed by atoms with E-state index in [9.17, 15) is 19.2 Å². The first-order chi connectivity index (χ1) is 14.5. The number of para-hydroxylation sites is 1. The van der Waals surface area contributed by atoms with E-state index in [2.05, 4.69) is 5.32 Å². The van der Waals surface area contributed by atoms with Gasteiger partial charge >= 0.3 is 5.97 Å². The zero-order valence-corrected chi connectivity index (χ0v) is 16.1. The van der Waals surface area contributed by atoms with Crippen LogP contribution in [-0.2, 0) is 19.1 Å². The maximum Gasteiger partial charge on any atom is 0.338 e. The van der Waals surface area contributed by atoms with Crippen molar-refractivity contribution < 1.29 is 23.9 Å². The van der Waals surface area contributed by atoms with Crippen LogP contribution in [0.4, 0.5) is 11.4 Å². The number of nitrogens with one attached hydrogen (secondary N) is 1. The molecule has 0 aromatic heterocycles. The summed E-state index contributed by atoms with van der Waals surface area (Å²) in [4.78, 5) is 50.9. The van der Waals surface area contributed by atoms with Gasteiger partial charge in [-0.05, 0) is 43.2 Å². The van der Waals surface area contributed by atoms with Gasteiger partial charge in [-0.2, -0.15) is 0 Å². The molecule has 2 aromatic rings. The zero-order valence-electron chi connectivity index (χ0n) is 16.1. The van der Waals surface area contributed by atoms with E-state index in [1.54, 1.807) is 36.4 Å². The molecule has 3 amide bonds. The molecule has 152 valence electrons. The number of carbonyl (C=O) groups is 4. The fourth-order valence-electron chi connectivity index (χ4n) is 3.76. The molecular weight excluding hydrogens is 384 g/mol. The summed E-state index contributed by atoms with van der Waals surface area (Å²) in [6.07, 6.45) is 4.93. The van der Waals surface area contributed by atoms with Crippen molar-refractivity contribution in [2.45, 2.75) is 12.8 Å². The molecule has 1 N–H and O–H groups in total. The number of amides is 3. The Morgan fingerprint density at radius 3 is 2.27 bits per heavy atom. The molecule has 1 heterocycles. The summed E-state index contributed by atoms with van der Waals surface area (Å²) < 4.78 is 5.08. The number of anilines is 2. The molecule has 0 spiro atoms. The number of fused-ring (bicyclic) bond motifs is 1. The fourth-order valence-corrected chi connectivity index (χ4v) is 3.76. The van der Waals surface area contributed by atoms with E-state index in [1.165, 1.54) is 12.1 Å². The van der Waals surface area contributed by atoms with E-state index >= 15 is 0 Å². The topological polar surface area (TPSA) is 92.8 Å². The molecule has 7 nitrogen and oxygen atoms in total. The number of hydrogen-bond acceptors (Lipinski definition) is 5. The lowest BCUT2D eigenvalue weighted by molar-refractivity contribution is -0.122. The number of esters is 1. The third-order valence-corrected chi connectivity index (χ3v) is 5.24. The zero-order chi connectivity index (χ0) is 21.1. The monoisotopic (exact) mass is 404 g/mol. The first-order valence-electron chi connectivity index (χ1n) is 9.69. The van der Waals surface area contributed by atoms with Crippen molar-refractivity contribution in [1.29, 1.82) is 0 Å². The highest BCUT2D eigenvalue weighted by atomic mass is 16.5. The number of hydrogen-bond donors (Lipinski definition) is 1. The summed E-state index contributed by atoms with van der Waals surface area (Å²) in [7, 11) is 0. The highest BCUT2D eigenvalue weighted by Gasteiger charge is 2.47. The van der Waals surface area contributed by atoms with E-state index < -0.39 is 18.5 Å². The van der Waals surface area contributed by atoms with Gasteiger partial charge in [-0.3, -0.25) is 19.3 Å². The summed E-state index contributed by atoms with van der Waals surface area (Å²) in [5.41, 5.74) is 1.10. The second-order valence-corrected chi connectivity index (χ2v) is 7.21. The minimum Gasteiger partial charge on any atom is -0.452 e. The molecule has 2 aromatic carbocycles. The number of imide groups is 1. The van der Waals surface area contributed by atoms with Gasteiger partial charge in [0.1, 0.15) is 0 Å². The van der Waals surface area contributed by atoms with Crippen molar-refractivity contribution in [3.05, 3.63) is 72.3 Å². The fraction of sp³-hybridized carbons (Fsp3) is 0.217. The number of nitrogens with zero attached hydrogens (tertiary/aromatic N) is 1. The first-order valence-corrected chi connectivity index (χ1v) is 9.69. The minimum atomic E-state index is -0.710. The van der Waals surface area contributed by atoms with E-state index in [0.717, 1.165) is 4.90 Å². The van der Waals surface area contributed by atoms with Crippen molar-refractivity contribution >= 4 is 35.1 Å². The highest BCUT2D eigenvalue weighted by molar-refractivity contribution is 6.22. The Morgan fingerprint density at radius 1 is 0.933 bits per heavy atom. The van der Waals surface area contributed by atoms with Crippen LogP contribution in [0.1, 0.15) is 23.2 Å². The quantitative estimate of drug-likeness (QED) is 0.470. The summed E-state index contributed by atoms with van der Waals surface area (Å²) in [5.74, 6) is -2.37. The Morgan fingerprint density at radius 2 is 1.60 bits per heavy atom. The van der Waals surface area contributed by atoms with Crippen molar-refractivity contribution in [1.82, 2.24) is 0 Å². The SMILES string of the molecule is O=C(COC(=O)c1cccc(N2C(=O)[C@H]3CC=CC[C@H]3C2=O)c1)Nc1ccccc1. The number of benzene rings is 2. The number of ether oxygens (including phenoxy) is 1. The van der Waals surface area contributed by atoms with E-state index in [0.29, 0.717) is 24.2 Å². The van der Waals surface area contributed by atoms with Gasteiger partial charge in [-0.25, -0.2) is 4.79 Å². The Hall–Kier alpha value is -3.74. The van der Waals surface area contributed by atoms with Crippen molar-refractivity contribution in [3.8, 4) is 0 Å². The predicted molar refractivity (Wildman–Crippen MR) is 110 cm³/mol. The van der Waals surface area contributed by atoms with Gasteiger partial charge in [0.05, 0.1) is 23.1 Å². The van der Waals surface area contributed by atoms with Crippen LogP contribution < -0.4 is 10.2 Å². The molecule has 0 saturated carbocycles. The van der Waals surface area contributed by atoms with Crippen molar-refractivity contribution in [3.63, 3.8) is 0 Å². The second-order valence-electron chi connectivity index (χ2n) is 7.21. The van der Waals surface area contributed by atoms with Crippen molar-refractivity contribution in [2.75, 3.05) is 16.8 Å². The first kappa shape index (κ1) is 19.6. The molecule has 1 aliphatic carbocycles. The Bertz CT molecular complexity index is 1000. The summed E-state index contributed by atoms with van der Waals surface area (Å²) in [6.45, 7) is -0.449. The molecule has 2 aliphatic rings. The number of carbonyl (C=O) groups excluding carboxylic acids is 4. The number of rotatable bonds is 5. The van der Waals surface area contributed by atoms with E-state index in [4.69, 9.17) is 4.74 Å². The van der Waals surface area contributed by atoms with Gasteiger partial charge in [0.25, 0.3) is 5.91 Å². The van der Waals surface area contributed by atoms with E-state index in [1.807, 2.05) is 18.2 Å². The normalized spacial score (nSPS) is 20.1. The summed E-state index contributed by atoms with van der Waals surface area (Å²) in [5, 5.41) is 2.63. The van der Waals surface area contributed by atoms with Gasteiger partial charge < -0.3 is 10.1 Å². The van der Waals surface area contributed by atoms with Crippen LogP contribution in [0.3, 0.4) is 0 Å². The molecule has 1 fully saturated rings. The van der Waals surface area contributed by atoms with Gasteiger partial charge in [-0.1, -0.05) is 36.4 Å². The standard InChI is InChI=1S/C23H20N2O5/c26-20(24-16-8-2-1-3-9-16)14-30-23(29)15-7-6-10-17(13-15)25-21(27)18-11-4-5-12-19(18)22(25)28/h1-10,13,18-19H,11-12,14H2,(H,24,26)/t18-,19+. The molecule has 2 atom stereocenters. The van der Waals surface area contributed by atoms with Crippen LogP contribution in [0, 0.1) is 11.8 Å². The second kappa shape index (κ2) is 8.32. The smallest absolute Gasteiger partial charge is 0.338 e. The Kier molecular flexibility index (Phi) is 5.43. The van der Waals surface area contributed by atoms with Gasteiger partial charge in [-0.15, -0.1) is 0 Å². The van der Waals surface area contributed by atoms with Gasteiger partial charge in [0.2, 0.25) is 11.8 Å². The van der Waals surface area contributed by atoms with E-state index in [-0.39, 0.29) is 29.2 Å². The van der Waals surface area contributed by atoms with Gasteiger partial charge in [0.15, 0.2) is 6.61 Å². The highest BCUT2D eigenvalue weighted by Crippen LogP contribution is 2.37. The third-order valence-electron chi connectivity index (χ3n) is 5.24. The Labute approximate surface area is 173 Å². The Balaban J connectivity index is 1.42. The van der Waals surface area contributed by atoms with Crippen LogP contribution in [0.15, 0.2) is 66.7 Å². The molecule has 7 heteroatoms. The van der Waals surface area contributed by atoms with Crippen LogP contribution in [0.25, 0.3) is 0 Å².